The number of rotatable bonds is 3. The summed E-state index contributed by atoms with van der Waals surface area (Å²) in [6.45, 7) is 10.6. The molecular weight excluding hydrogens is 186 g/mol. The molecule has 0 unspecified atom stereocenters. The van der Waals surface area contributed by atoms with Crippen molar-refractivity contribution < 1.29 is 0 Å². The van der Waals surface area contributed by atoms with E-state index in [1.165, 1.54) is 0 Å². The molecular formula is C12H21N3. The van der Waals surface area contributed by atoms with E-state index in [0.717, 1.165) is 23.5 Å². The van der Waals surface area contributed by atoms with Crippen molar-refractivity contribution >= 4 is 5.82 Å². The van der Waals surface area contributed by atoms with Crippen LogP contribution in [-0.2, 0) is 6.42 Å². The van der Waals surface area contributed by atoms with Crippen molar-refractivity contribution in [2.24, 2.45) is 5.92 Å². The van der Waals surface area contributed by atoms with E-state index >= 15 is 0 Å². The molecule has 0 fully saturated rings. The molecule has 3 nitrogen and oxygen atoms in total. The SMILES string of the molecule is Cc1nc(CC(C)C)nc(N)c1C(C)C. The lowest BCUT2D eigenvalue weighted by Crippen LogP contribution is -2.10. The molecule has 84 valence electrons. The molecule has 15 heavy (non-hydrogen) atoms. The van der Waals surface area contributed by atoms with Gasteiger partial charge in [0.25, 0.3) is 0 Å². The first-order valence-electron chi connectivity index (χ1n) is 5.54. The predicted octanol–water partition coefficient (Wildman–Crippen LogP) is 2.69. The van der Waals surface area contributed by atoms with Crippen LogP contribution in [0.4, 0.5) is 5.82 Å². The molecule has 0 saturated heterocycles. The summed E-state index contributed by atoms with van der Waals surface area (Å²) in [7, 11) is 0. The number of nitrogen functional groups attached to an aromatic ring is 1. The highest BCUT2D eigenvalue weighted by Gasteiger charge is 2.12. The molecule has 0 atom stereocenters. The highest BCUT2D eigenvalue weighted by Crippen LogP contribution is 2.23. The average Bonchev–Trinajstić information content (AvgIpc) is 1.99. The number of aryl methyl sites for hydroxylation is 1. The van der Waals surface area contributed by atoms with E-state index in [1.807, 2.05) is 6.92 Å². The van der Waals surface area contributed by atoms with E-state index in [0.29, 0.717) is 17.7 Å². The first-order valence-corrected chi connectivity index (χ1v) is 5.54. The third-order valence-corrected chi connectivity index (χ3v) is 2.38. The molecule has 1 aromatic heterocycles. The second-order valence-corrected chi connectivity index (χ2v) is 4.78. The van der Waals surface area contributed by atoms with Gasteiger partial charge < -0.3 is 5.73 Å². The molecule has 0 aliphatic rings. The van der Waals surface area contributed by atoms with Gasteiger partial charge in [0.05, 0.1) is 0 Å². The summed E-state index contributed by atoms with van der Waals surface area (Å²) in [5.41, 5.74) is 8.05. The van der Waals surface area contributed by atoms with Crippen LogP contribution in [0.5, 0.6) is 0 Å². The van der Waals surface area contributed by atoms with E-state index in [1.54, 1.807) is 0 Å². The predicted molar refractivity (Wildman–Crippen MR) is 63.8 cm³/mol. The van der Waals surface area contributed by atoms with Crippen LogP contribution in [0.2, 0.25) is 0 Å². The number of anilines is 1. The van der Waals surface area contributed by atoms with Crippen LogP contribution >= 0.6 is 0 Å². The standard InChI is InChI=1S/C12H21N3/c1-7(2)6-10-14-9(5)11(8(3)4)12(13)15-10/h7-8H,6H2,1-5H3,(H2,13,14,15). The number of hydrogen-bond acceptors (Lipinski definition) is 3. The maximum atomic E-state index is 5.95. The minimum absolute atomic E-state index is 0.387. The number of hydrogen-bond donors (Lipinski definition) is 1. The van der Waals surface area contributed by atoms with Gasteiger partial charge in [0.1, 0.15) is 11.6 Å². The molecule has 0 saturated carbocycles. The summed E-state index contributed by atoms with van der Waals surface area (Å²) in [5, 5.41) is 0. The Labute approximate surface area is 92.1 Å². The van der Waals surface area contributed by atoms with E-state index in [9.17, 15) is 0 Å². The molecule has 0 aliphatic heterocycles. The van der Waals surface area contributed by atoms with Crippen LogP contribution in [0.25, 0.3) is 0 Å². The van der Waals surface area contributed by atoms with Crippen molar-refractivity contribution in [1.29, 1.82) is 0 Å². The quantitative estimate of drug-likeness (QED) is 0.829. The first kappa shape index (κ1) is 12.0. The van der Waals surface area contributed by atoms with Crippen molar-refractivity contribution in [1.82, 2.24) is 9.97 Å². The summed E-state index contributed by atoms with van der Waals surface area (Å²) in [5.74, 6) is 2.46. The van der Waals surface area contributed by atoms with E-state index in [2.05, 4.69) is 37.7 Å². The molecule has 0 amide bonds. The Balaban J connectivity index is 3.08. The first-order chi connectivity index (χ1) is 6.91. The van der Waals surface area contributed by atoms with Gasteiger partial charge in [0.15, 0.2) is 0 Å². The fourth-order valence-electron chi connectivity index (χ4n) is 1.83. The maximum Gasteiger partial charge on any atom is 0.131 e. The molecule has 0 aromatic carbocycles. The summed E-state index contributed by atoms with van der Waals surface area (Å²) in [6, 6.07) is 0. The monoisotopic (exact) mass is 207 g/mol. The Bertz CT molecular complexity index is 320. The molecule has 1 heterocycles. The number of nitrogens with two attached hydrogens (primary N) is 1. The topological polar surface area (TPSA) is 51.8 Å². The molecule has 3 heteroatoms. The van der Waals surface area contributed by atoms with Crippen molar-refractivity contribution in [3.63, 3.8) is 0 Å². The van der Waals surface area contributed by atoms with Gasteiger partial charge in [-0.2, -0.15) is 0 Å². The van der Waals surface area contributed by atoms with Gasteiger partial charge in [-0.25, -0.2) is 9.97 Å². The van der Waals surface area contributed by atoms with E-state index in [-0.39, 0.29) is 0 Å². The largest absolute Gasteiger partial charge is 0.383 e. The van der Waals surface area contributed by atoms with E-state index < -0.39 is 0 Å². The molecule has 1 rings (SSSR count). The summed E-state index contributed by atoms with van der Waals surface area (Å²) in [6.07, 6.45) is 0.892. The van der Waals surface area contributed by atoms with Crippen molar-refractivity contribution in [3.8, 4) is 0 Å². The fourth-order valence-corrected chi connectivity index (χ4v) is 1.83. The molecule has 0 spiro atoms. The minimum atomic E-state index is 0.387. The molecule has 0 radical (unpaired) electrons. The van der Waals surface area contributed by atoms with Crippen LogP contribution in [0.15, 0.2) is 0 Å². The Morgan fingerprint density at radius 2 is 1.73 bits per heavy atom. The average molecular weight is 207 g/mol. The zero-order valence-corrected chi connectivity index (χ0v) is 10.3. The van der Waals surface area contributed by atoms with Gasteiger partial charge in [-0.05, 0) is 18.8 Å². The van der Waals surface area contributed by atoms with Gasteiger partial charge in [-0.1, -0.05) is 27.7 Å². The molecule has 1 aromatic rings. The van der Waals surface area contributed by atoms with Gasteiger partial charge >= 0.3 is 0 Å². The van der Waals surface area contributed by atoms with Gasteiger partial charge in [0, 0.05) is 17.7 Å². The molecule has 0 bridgehead atoms. The molecule has 2 N–H and O–H groups in total. The third-order valence-electron chi connectivity index (χ3n) is 2.38. The fraction of sp³-hybridized carbons (Fsp3) is 0.667. The zero-order valence-electron chi connectivity index (χ0n) is 10.3. The molecule has 0 aliphatic carbocycles. The zero-order chi connectivity index (χ0) is 11.6. The normalized spacial score (nSPS) is 11.4. The van der Waals surface area contributed by atoms with Crippen molar-refractivity contribution in [2.45, 2.75) is 47.0 Å². The van der Waals surface area contributed by atoms with Crippen molar-refractivity contribution in [3.05, 3.63) is 17.1 Å². The second-order valence-electron chi connectivity index (χ2n) is 4.78. The van der Waals surface area contributed by atoms with Crippen LogP contribution in [-0.4, -0.2) is 9.97 Å². The van der Waals surface area contributed by atoms with Crippen LogP contribution in [0.3, 0.4) is 0 Å². The third kappa shape index (κ3) is 2.91. The highest BCUT2D eigenvalue weighted by molar-refractivity contribution is 5.44. The number of nitrogens with zero attached hydrogens (tertiary/aromatic N) is 2. The minimum Gasteiger partial charge on any atom is -0.383 e. The Morgan fingerprint density at radius 1 is 1.13 bits per heavy atom. The summed E-state index contributed by atoms with van der Waals surface area (Å²) >= 11 is 0. The second kappa shape index (κ2) is 4.60. The lowest BCUT2D eigenvalue weighted by atomic mass is 10.0. The van der Waals surface area contributed by atoms with E-state index in [4.69, 9.17) is 5.73 Å². The lowest BCUT2D eigenvalue weighted by molar-refractivity contribution is 0.617. The Morgan fingerprint density at radius 3 is 2.13 bits per heavy atom. The van der Waals surface area contributed by atoms with Gasteiger partial charge in [0.2, 0.25) is 0 Å². The lowest BCUT2D eigenvalue weighted by Gasteiger charge is -2.13. The van der Waals surface area contributed by atoms with Gasteiger partial charge in [-0.3, -0.25) is 0 Å². The number of aromatic nitrogens is 2. The van der Waals surface area contributed by atoms with Crippen LogP contribution in [0.1, 0.15) is 50.7 Å². The Kier molecular flexibility index (Phi) is 3.66. The maximum absolute atomic E-state index is 5.95. The smallest absolute Gasteiger partial charge is 0.131 e. The van der Waals surface area contributed by atoms with Crippen LogP contribution < -0.4 is 5.73 Å². The van der Waals surface area contributed by atoms with Crippen molar-refractivity contribution in [2.75, 3.05) is 5.73 Å². The summed E-state index contributed by atoms with van der Waals surface area (Å²) in [4.78, 5) is 8.87. The van der Waals surface area contributed by atoms with Crippen LogP contribution in [0, 0.1) is 12.8 Å². The summed E-state index contributed by atoms with van der Waals surface area (Å²) < 4.78 is 0. The van der Waals surface area contributed by atoms with Gasteiger partial charge in [-0.15, -0.1) is 0 Å². The highest BCUT2D eigenvalue weighted by atomic mass is 15.0. The Hall–Kier alpha value is -1.12.